The topological polar surface area (TPSA) is 95.5 Å². The number of amides is 3. The first kappa shape index (κ1) is 9.83. The van der Waals surface area contributed by atoms with Crippen LogP contribution in [0.25, 0.3) is 0 Å². The minimum Gasteiger partial charge on any atom is -0.508 e. The van der Waals surface area contributed by atoms with Crippen molar-refractivity contribution >= 4 is 23.4 Å². The Morgan fingerprint density at radius 1 is 1.12 bits per heavy atom. The average Bonchev–Trinajstić information content (AvgIpc) is 2.70. The van der Waals surface area contributed by atoms with Crippen LogP contribution in [0.2, 0.25) is 0 Å². The molecule has 1 atom stereocenters. The zero-order valence-electron chi connectivity index (χ0n) is 8.61. The van der Waals surface area contributed by atoms with Crippen molar-refractivity contribution in [3.8, 4) is 5.75 Å². The Labute approximate surface area is 95.6 Å². The lowest BCUT2D eigenvalue weighted by atomic mass is 9.80. The van der Waals surface area contributed by atoms with Gasteiger partial charge in [-0.15, -0.1) is 0 Å². The molecule has 0 saturated carbocycles. The van der Waals surface area contributed by atoms with Gasteiger partial charge in [0.25, 0.3) is 0 Å². The third kappa shape index (κ3) is 1.06. The maximum Gasteiger partial charge on any atom is 0.247 e. The molecule has 1 aromatic rings. The van der Waals surface area contributed by atoms with Crippen LogP contribution in [0.4, 0.5) is 5.69 Å². The van der Waals surface area contributed by atoms with Crippen molar-refractivity contribution in [2.24, 2.45) is 0 Å². The highest BCUT2D eigenvalue weighted by molar-refractivity contribution is 6.28. The number of phenols is 1. The van der Waals surface area contributed by atoms with Gasteiger partial charge in [0.1, 0.15) is 5.75 Å². The number of rotatable bonds is 0. The van der Waals surface area contributed by atoms with Crippen LogP contribution in [0, 0.1) is 0 Å². The molecule has 0 bridgehead atoms. The predicted molar refractivity (Wildman–Crippen MR) is 56.2 cm³/mol. The number of nitrogens with one attached hydrogen (secondary N) is 2. The molecule has 3 amide bonds. The molecule has 86 valence electrons. The van der Waals surface area contributed by atoms with E-state index in [1.54, 1.807) is 0 Å². The van der Waals surface area contributed by atoms with Crippen molar-refractivity contribution in [3.05, 3.63) is 23.8 Å². The smallest absolute Gasteiger partial charge is 0.247 e. The molecule has 3 rings (SSSR count). The van der Waals surface area contributed by atoms with Crippen molar-refractivity contribution in [3.63, 3.8) is 0 Å². The first-order valence-electron chi connectivity index (χ1n) is 5.03. The molecule has 2 heterocycles. The summed E-state index contributed by atoms with van der Waals surface area (Å²) in [6, 6.07) is 4.26. The van der Waals surface area contributed by atoms with Crippen LogP contribution in [0.1, 0.15) is 12.0 Å². The van der Waals surface area contributed by atoms with Crippen LogP contribution in [-0.2, 0) is 19.8 Å². The lowest BCUT2D eigenvalue weighted by Crippen LogP contribution is -2.41. The van der Waals surface area contributed by atoms with E-state index in [0.29, 0.717) is 11.3 Å². The van der Waals surface area contributed by atoms with Gasteiger partial charge in [0.2, 0.25) is 17.7 Å². The van der Waals surface area contributed by atoms with Crippen molar-refractivity contribution in [2.75, 3.05) is 5.32 Å². The van der Waals surface area contributed by atoms with E-state index in [9.17, 15) is 19.5 Å². The molecule has 2 aliphatic rings. The Hall–Kier alpha value is -2.37. The molecule has 0 aliphatic carbocycles. The van der Waals surface area contributed by atoms with Crippen molar-refractivity contribution in [2.45, 2.75) is 11.8 Å². The summed E-state index contributed by atoms with van der Waals surface area (Å²) in [7, 11) is 0. The monoisotopic (exact) mass is 232 g/mol. The summed E-state index contributed by atoms with van der Waals surface area (Å²) in [4.78, 5) is 35.0. The van der Waals surface area contributed by atoms with E-state index < -0.39 is 23.1 Å². The molecule has 0 radical (unpaired) electrons. The van der Waals surface area contributed by atoms with E-state index >= 15 is 0 Å². The summed E-state index contributed by atoms with van der Waals surface area (Å²) in [5.41, 5.74) is -0.700. The number of benzene rings is 1. The summed E-state index contributed by atoms with van der Waals surface area (Å²) < 4.78 is 0. The van der Waals surface area contributed by atoms with E-state index in [0.717, 1.165) is 0 Å². The predicted octanol–water partition coefficient (Wildman–Crippen LogP) is -0.371. The quantitative estimate of drug-likeness (QED) is 0.323. The Balaban J connectivity index is 2.26. The lowest BCUT2D eigenvalue weighted by Gasteiger charge is -2.16. The Morgan fingerprint density at radius 2 is 1.82 bits per heavy atom. The van der Waals surface area contributed by atoms with Gasteiger partial charge in [-0.05, 0) is 18.2 Å². The molecule has 1 spiro atoms. The van der Waals surface area contributed by atoms with Crippen LogP contribution in [0.15, 0.2) is 18.2 Å². The molecule has 0 aromatic heterocycles. The first-order valence-corrected chi connectivity index (χ1v) is 5.03. The average molecular weight is 232 g/mol. The van der Waals surface area contributed by atoms with Gasteiger partial charge in [-0.25, -0.2) is 0 Å². The van der Waals surface area contributed by atoms with E-state index in [-0.39, 0.29) is 12.2 Å². The Bertz CT molecular complexity index is 581. The first-order chi connectivity index (χ1) is 8.04. The van der Waals surface area contributed by atoms with Crippen molar-refractivity contribution in [1.82, 2.24) is 5.32 Å². The third-order valence-corrected chi connectivity index (χ3v) is 3.17. The van der Waals surface area contributed by atoms with Gasteiger partial charge in [-0.1, -0.05) is 0 Å². The third-order valence-electron chi connectivity index (χ3n) is 3.17. The maximum atomic E-state index is 11.9. The summed E-state index contributed by atoms with van der Waals surface area (Å²) in [5.74, 6) is -1.70. The van der Waals surface area contributed by atoms with E-state index in [4.69, 9.17) is 0 Å². The second kappa shape index (κ2) is 2.85. The van der Waals surface area contributed by atoms with Crippen molar-refractivity contribution < 1.29 is 19.5 Å². The van der Waals surface area contributed by atoms with Gasteiger partial charge >= 0.3 is 0 Å². The molecule has 3 N–H and O–H groups in total. The second-order valence-electron chi connectivity index (χ2n) is 4.14. The minimum absolute atomic E-state index is 0.0493. The molecule has 6 nitrogen and oxygen atoms in total. The number of hydrogen-bond donors (Lipinski definition) is 3. The standard InChI is InChI=1S/C11H8N2O4/c14-5-1-2-7-6(3-5)11(9(16)12-7)4-8(15)13-10(11)17/h1-3,14H,4H2,(H,12,16)(H,13,15,17). The number of anilines is 1. The Kier molecular flexibility index (Phi) is 1.65. The highest BCUT2D eigenvalue weighted by atomic mass is 16.3. The molecule has 1 unspecified atom stereocenters. The van der Waals surface area contributed by atoms with Crippen LogP contribution in [0.5, 0.6) is 5.75 Å². The molecule has 17 heavy (non-hydrogen) atoms. The second-order valence-corrected chi connectivity index (χ2v) is 4.14. The molecule has 2 aliphatic heterocycles. The summed E-state index contributed by atoms with van der Waals surface area (Å²) >= 11 is 0. The summed E-state index contributed by atoms with van der Waals surface area (Å²) in [6.45, 7) is 0. The molecule has 1 saturated heterocycles. The number of fused-ring (bicyclic) bond motifs is 2. The van der Waals surface area contributed by atoms with Gasteiger partial charge in [-0.3, -0.25) is 19.7 Å². The molecular formula is C11H8N2O4. The fourth-order valence-corrected chi connectivity index (χ4v) is 2.35. The lowest BCUT2D eigenvalue weighted by molar-refractivity contribution is -0.131. The fourth-order valence-electron chi connectivity index (χ4n) is 2.35. The van der Waals surface area contributed by atoms with Gasteiger partial charge in [0, 0.05) is 11.3 Å². The number of aromatic hydroxyl groups is 1. The summed E-state index contributed by atoms with van der Waals surface area (Å²) in [6.07, 6.45) is -0.214. The van der Waals surface area contributed by atoms with Gasteiger partial charge in [0.05, 0.1) is 6.42 Å². The van der Waals surface area contributed by atoms with E-state index in [1.807, 2.05) is 0 Å². The fraction of sp³-hybridized carbons (Fsp3) is 0.182. The number of phenolic OH excluding ortho intramolecular Hbond substituents is 1. The van der Waals surface area contributed by atoms with Crippen molar-refractivity contribution in [1.29, 1.82) is 0 Å². The van der Waals surface area contributed by atoms with E-state index in [1.165, 1.54) is 18.2 Å². The highest BCUT2D eigenvalue weighted by Crippen LogP contribution is 2.44. The van der Waals surface area contributed by atoms with Crippen LogP contribution in [0.3, 0.4) is 0 Å². The van der Waals surface area contributed by atoms with Gasteiger partial charge in [-0.2, -0.15) is 0 Å². The van der Waals surface area contributed by atoms with Gasteiger partial charge in [0.15, 0.2) is 5.41 Å². The minimum atomic E-state index is -1.51. The number of imide groups is 1. The Morgan fingerprint density at radius 3 is 2.47 bits per heavy atom. The van der Waals surface area contributed by atoms with Crippen LogP contribution < -0.4 is 10.6 Å². The molecule has 1 fully saturated rings. The highest BCUT2D eigenvalue weighted by Gasteiger charge is 2.58. The normalized spacial score (nSPS) is 26.0. The maximum absolute atomic E-state index is 11.9. The SMILES string of the molecule is O=C1CC2(C(=O)N1)C(=O)Nc1ccc(O)cc12. The van der Waals surface area contributed by atoms with Crippen LogP contribution >= 0.6 is 0 Å². The van der Waals surface area contributed by atoms with Crippen LogP contribution in [-0.4, -0.2) is 22.8 Å². The van der Waals surface area contributed by atoms with E-state index in [2.05, 4.69) is 10.6 Å². The number of hydrogen-bond acceptors (Lipinski definition) is 4. The molecule has 1 aromatic carbocycles. The number of carbonyl (C=O) groups excluding carboxylic acids is 3. The molecule has 6 heteroatoms. The largest absolute Gasteiger partial charge is 0.508 e. The van der Waals surface area contributed by atoms with Gasteiger partial charge < -0.3 is 10.4 Å². The summed E-state index contributed by atoms with van der Waals surface area (Å²) in [5, 5.41) is 14.1. The zero-order valence-corrected chi connectivity index (χ0v) is 8.61. The molecular weight excluding hydrogens is 224 g/mol. The number of carbonyl (C=O) groups is 3. The zero-order chi connectivity index (χ0) is 12.2.